The van der Waals surface area contributed by atoms with Crippen LogP contribution < -0.4 is 20.7 Å². The van der Waals surface area contributed by atoms with Gasteiger partial charge in [-0.15, -0.1) is 11.3 Å². The molecule has 3 amide bonds. The Balaban J connectivity index is 1.71. The quantitative estimate of drug-likeness (QED) is 0.735. The zero-order valence-corrected chi connectivity index (χ0v) is 16.1. The van der Waals surface area contributed by atoms with Crippen LogP contribution >= 0.6 is 11.3 Å². The van der Waals surface area contributed by atoms with Gasteiger partial charge in [0, 0.05) is 5.69 Å². The number of hydrogen-bond acceptors (Lipinski definition) is 5. The van der Waals surface area contributed by atoms with Crippen molar-refractivity contribution in [1.82, 2.24) is 5.32 Å². The minimum absolute atomic E-state index is 0.101. The summed E-state index contributed by atoms with van der Waals surface area (Å²) < 4.78 is 5.50. The summed E-state index contributed by atoms with van der Waals surface area (Å²) in [5, 5.41) is 10.1. The monoisotopic (exact) mass is 387 g/mol. The van der Waals surface area contributed by atoms with Crippen LogP contribution in [0.25, 0.3) is 0 Å². The summed E-state index contributed by atoms with van der Waals surface area (Å²) in [6.45, 7) is 5.39. The van der Waals surface area contributed by atoms with Gasteiger partial charge in [0.1, 0.15) is 11.8 Å². The fourth-order valence-corrected chi connectivity index (χ4v) is 3.29. The first-order valence-corrected chi connectivity index (χ1v) is 9.50. The van der Waals surface area contributed by atoms with Crippen molar-refractivity contribution in [2.45, 2.75) is 32.9 Å². The van der Waals surface area contributed by atoms with E-state index < -0.39 is 12.1 Å². The van der Waals surface area contributed by atoms with Crippen molar-refractivity contribution in [3.8, 4) is 5.75 Å². The van der Waals surface area contributed by atoms with E-state index in [-0.39, 0.29) is 23.6 Å². The van der Waals surface area contributed by atoms with Crippen molar-refractivity contribution in [3.63, 3.8) is 0 Å². The summed E-state index contributed by atoms with van der Waals surface area (Å²) in [6.07, 6.45) is -0.560. The third kappa shape index (κ3) is 4.28. The van der Waals surface area contributed by atoms with E-state index in [4.69, 9.17) is 4.74 Å². The number of nitrogens with one attached hydrogen (secondary N) is 3. The lowest BCUT2D eigenvalue weighted by Crippen LogP contribution is -2.47. The smallest absolute Gasteiger partial charge is 0.265 e. The van der Waals surface area contributed by atoms with Crippen molar-refractivity contribution < 1.29 is 19.1 Å². The SMILES string of the molecule is CC(C)[C@H](NC(=O)c1cccs1)C(=O)Nc1ccc2c(c1)NC(=O)[C@@H](C)O2. The molecule has 0 spiro atoms. The van der Waals surface area contributed by atoms with Crippen LogP contribution in [0.3, 0.4) is 0 Å². The maximum Gasteiger partial charge on any atom is 0.265 e. The highest BCUT2D eigenvalue weighted by molar-refractivity contribution is 7.12. The molecule has 0 fully saturated rings. The fourth-order valence-electron chi connectivity index (χ4n) is 2.66. The van der Waals surface area contributed by atoms with Crippen molar-refractivity contribution in [1.29, 1.82) is 0 Å². The molecule has 3 N–H and O–H groups in total. The first kappa shape index (κ1) is 18.9. The van der Waals surface area contributed by atoms with Crippen molar-refractivity contribution in [2.24, 2.45) is 5.92 Å². The molecule has 3 rings (SSSR count). The number of anilines is 2. The molecule has 1 aliphatic rings. The van der Waals surface area contributed by atoms with E-state index in [0.717, 1.165) is 0 Å². The maximum atomic E-state index is 12.7. The Morgan fingerprint density at radius 2 is 2.04 bits per heavy atom. The van der Waals surface area contributed by atoms with Crippen LogP contribution in [0.5, 0.6) is 5.75 Å². The summed E-state index contributed by atoms with van der Waals surface area (Å²) in [7, 11) is 0. The molecule has 1 aliphatic heterocycles. The molecule has 0 saturated heterocycles. The molecule has 2 aromatic rings. The van der Waals surface area contributed by atoms with Crippen LogP contribution in [0.15, 0.2) is 35.7 Å². The predicted octanol–water partition coefficient (Wildman–Crippen LogP) is 2.86. The molecule has 7 nitrogen and oxygen atoms in total. The van der Waals surface area contributed by atoms with Gasteiger partial charge in [-0.25, -0.2) is 0 Å². The molecule has 1 aromatic carbocycles. The number of carbonyl (C=O) groups is 3. The lowest BCUT2D eigenvalue weighted by atomic mass is 10.0. The molecule has 2 atom stereocenters. The lowest BCUT2D eigenvalue weighted by Gasteiger charge is -2.24. The van der Waals surface area contributed by atoms with E-state index >= 15 is 0 Å². The van der Waals surface area contributed by atoms with Gasteiger partial charge < -0.3 is 20.7 Å². The number of fused-ring (bicyclic) bond motifs is 1. The standard InChI is InChI=1S/C19H21N3O4S/c1-10(2)16(22-18(24)15-5-4-8-27-15)19(25)20-12-6-7-14-13(9-12)21-17(23)11(3)26-14/h4-11,16H,1-3H3,(H,20,25)(H,21,23)(H,22,24)/t11-,16+/m1/s1. The summed E-state index contributed by atoms with van der Waals surface area (Å²) in [4.78, 5) is 37.3. The van der Waals surface area contributed by atoms with E-state index in [2.05, 4.69) is 16.0 Å². The number of rotatable bonds is 5. The Kier molecular flexibility index (Phi) is 5.46. The van der Waals surface area contributed by atoms with Crippen LogP contribution in [0.4, 0.5) is 11.4 Å². The topological polar surface area (TPSA) is 96.5 Å². The molecule has 142 valence electrons. The molecule has 8 heteroatoms. The molecule has 2 heterocycles. The Morgan fingerprint density at radius 1 is 1.26 bits per heavy atom. The zero-order chi connectivity index (χ0) is 19.6. The Bertz CT molecular complexity index is 864. The molecule has 0 radical (unpaired) electrons. The highest BCUT2D eigenvalue weighted by Crippen LogP contribution is 2.32. The van der Waals surface area contributed by atoms with Gasteiger partial charge in [0.15, 0.2) is 6.10 Å². The number of benzene rings is 1. The number of hydrogen-bond donors (Lipinski definition) is 3. The van der Waals surface area contributed by atoms with Gasteiger partial charge in [0.05, 0.1) is 10.6 Å². The number of carbonyl (C=O) groups excluding carboxylic acids is 3. The second-order valence-corrected chi connectivity index (χ2v) is 7.57. The van der Waals surface area contributed by atoms with Gasteiger partial charge in [-0.05, 0) is 42.5 Å². The molecule has 27 heavy (non-hydrogen) atoms. The molecular weight excluding hydrogens is 366 g/mol. The summed E-state index contributed by atoms with van der Waals surface area (Å²) in [5.74, 6) is -0.401. The third-order valence-electron chi connectivity index (χ3n) is 4.16. The van der Waals surface area contributed by atoms with Crippen LogP contribution in [-0.2, 0) is 9.59 Å². The fraction of sp³-hybridized carbons (Fsp3) is 0.316. The minimum Gasteiger partial charge on any atom is -0.479 e. The van der Waals surface area contributed by atoms with Gasteiger partial charge in [0.2, 0.25) is 5.91 Å². The molecule has 0 aliphatic carbocycles. The Hall–Kier alpha value is -2.87. The van der Waals surface area contributed by atoms with Gasteiger partial charge >= 0.3 is 0 Å². The summed E-state index contributed by atoms with van der Waals surface area (Å²) >= 11 is 1.32. The summed E-state index contributed by atoms with van der Waals surface area (Å²) in [6, 6.07) is 7.82. The summed E-state index contributed by atoms with van der Waals surface area (Å²) in [5.41, 5.74) is 1.01. The Morgan fingerprint density at radius 3 is 2.70 bits per heavy atom. The average Bonchev–Trinajstić information content (AvgIpc) is 3.15. The second kappa shape index (κ2) is 7.79. The van der Waals surface area contributed by atoms with E-state index in [0.29, 0.717) is 22.0 Å². The molecule has 0 unspecified atom stereocenters. The largest absolute Gasteiger partial charge is 0.479 e. The maximum absolute atomic E-state index is 12.7. The van der Waals surface area contributed by atoms with Crippen LogP contribution in [0, 0.1) is 5.92 Å². The molecule has 1 aromatic heterocycles. The zero-order valence-electron chi connectivity index (χ0n) is 15.2. The van der Waals surface area contributed by atoms with Crippen LogP contribution in [0.1, 0.15) is 30.4 Å². The van der Waals surface area contributed by atoms with Crippen molar-refractivity contribution in [2.75, 3.05) is 10.6 Å². The van der Waals surface area contributed by atoms with Crippen LogP contribution in [-0.4, -0.2) is 29.9 Å². The minimum atomic E-state index is -0.693. The predicted molar refractivity (Wildman–Crippen MR) is 104 cm³/mol. The normalized spacial score (nSPS) is 16.7. The molecule has 0 bridgehead atoms. The highest BCUT2D eigenvalue weighted by atomic mass is 32.1. The highest BCUT2D eigenvalue weighted by Gasteiger charge is 2.27. The van der Waals surface area contributed by atoms with E-state index in [1.54, 1.807) is 37.3 Å². The first-order chi connectivity index (χ1) is 12.8. The number of thiophene rings is 1. The van der Waals surface area contributed by atoms with Gasteiger partial charge in [-0.3, -0.25) is 14.4 Å². The number of ether oxygens (including phenoxy) is 1. The van der Waals surface area contributed by atoms with Crippen LogP contribution in [0.2, 0.25) is 0 Å². The molecular formula is C19H21N3O4S. The van der Waals surface area contributed by atoms with E-state index in [1.165, 1.54) is 11.3 Å². The molecule has 0 saturated carbocycles. The van der Waals surface area contributed by atoms with E-state index in [1.807, 2.05) is 19.2 Å². The van der Waals surface area contributed by atoms with Gasteiger partial charge in [-0.2, -0.15) is 0 Å². The van der Waals surface area contributed by atoms with Crippen molar-refractivity contribution >= 4 is 40.4 Å². The first-order valence-electron chi connectivity index (χ1n) is 8.62. The lowest BCUT2D eigenvalue weighted by molar-refractivity contribution is -0.122. The Labute approximate surface area is 161 Å². The number of amides is 3. The van der Waals surface area contributed by atoms with E-state index in [9.17, 15) is 14.4 Å². The van der Waals surface area contributed by atoms with Crippen molar-refractivity contribution in [3.05, 3.63) is 40.6 Å². The van der Waals surface area contributed by atoms with Gasteiger partial charge in [0.25, 0.3) is 11.8 Å². The second-order valence-electron chi connectivity index (χ2n) is 6.62. The average molecular weight is 387 g/mol. The van der Waals surface area contributed by atoms with Gasteiger partial charge in [-0.1, -0.05) is 19.9 Å². The third-order valence-corrected chi connectivity index (χ3v) is 5.03.